The van der Waals surface area contributed by atoms with Crippen molar-refractivity contribution in [2.24, 2.45) is 0 Å². The van der Waals surface area contributed by atoms with Crippen LogP contribution in [0.5, 0.6) is 0 Å². The van der Waals surface area contributed by atoms with Crippen LogP contribution in [0.2, 0.25) is 0 Å². The van der Waals surface area contributed by atoms with Crippen LogP contribution in [-0.4, -0.2) is 23.9 Å². The average molecular weight is 327 g/mol. The third-order valence-electron chi connectivity index (χ3n) is 4.03. The maximum Gasteiger partial charge on any atom is 0.326 e. The Hall–Kier alpha value is -1.78. The standard InChI is InChI=1S/C19H21NO2S/c1-19(14-23-13-15-8-4-2-5-9-15)18(21)22-12-17(20-19)16-10-6-3-7-11-16/h2-11,17,20H,12-14H2,1H3/t17-,19-/m0/s1. The molecule has 3 rings (SSSR count). The van der Waals surface area contributed by atoms with Crippen molar-refractivity contribution < 1.29 is 9.53 Å². The fourth-order valence-electron chi connectivity index (χ4n) is 2.72. The SMILES string of the molecule is C[C@@]1(CSCc2ccccc2)N[C@H](c2ccccc2)COC1=O. The minimum absolute atomic E-state index is 0.0521. The van der Waals surface area contributed by atoms with Gasteiger partial charge >= 0.3 is 5.97 Å². The van der Waals surface area contributed by atoms with Crippen molar-refractivity contribution in [1.29, 1.82) is 0 Å². The Bertz CT molecular complexity index is 647. The third-order valence-corrected chi connectivity index (χ3v) is 5.35. The lowest BCUT2D eigenvalue weighted by Gasteiger charge is -2.37. The van der Waals surface area contributed by atoms with E-state index in [2.05, 4.69) is 29.6 Å². The number of carbonyl (C=O) groups excluding carboxylic acids is 1. The van der Waals surface area contributed by atoms with Gasteiger partial charge in [-0.05, 0) is 18.1 Å². The van der Waals surface area contributed by atoms with Crippen molar-refractivity contribution in [3.63, 3.8) is 0 Å². The van der Waals surface area contributed by atoms with Crippen LogP contribution in [0.1, 0.15) is 24.1 Å². The van der Waals surface area contributed by atoms with Gasteiger partial charge in [0, 0.05) is 11.5 Å². The van der Waals surface area contributed by atoms with Gasteiger partial charge in [0.1, 0.15) is 12.1 Å². The van der Waals surface area contributed by atoms with Crippen LogP contribution in [-0.2, 0) is 15.3 Å². The second-order valence-corrected chi connectivity index (χ2v) is 7.00. The lowest BCUT2D eigenvalue weighted by Crippen LogP contribution is -2.58. The summed E-state index contributed by atoms with van der Waals surface area (Å²) >= 11 is 1.75. The largest absolute Gasteiger partial charge is 0.462 e. The Labute approximate surface area is 141 Å². The normalized spacial score (nSPS) is 24.2. The summed E-state index contributed by atoms with van der Waals surface area (Å²) in [7, 11) is 0. The molecule has 0 aliphatic carbocycles. The van der Waals surface area contributed by atoms with E-state index in [0.29, 0.717) is 12.4 Å². The smallest absolute Gasteiger partial charge is 0.326 e. The molecule has 0 radical (unpaired) electrons. The molecule has 3 nitrogen and oxygen atoms in total. The first-order valence-corrected chi connectivity index (χ1v) is 8.94. The molecule has 120 valence electrons. The number of hydrogen-bond acceptors (Lipinski definition) is 4. The van der Waals surface area contributed by atoms with Gasteiger partial charge in [-0.2, -0.15) is 11.8 Å². The highest BCUT2D eigenvalue weighted by molar-refractivity contribution is 7.98. The van der Waals surface area contributed by atoms with Crippen LogP contribution >= 0.6 is 11.8 Å². The molecule has 1 fully saturated rings. The zero-order valence-electron chi connectivity index (χ0n) is 13.2. The summed E-state index contributed by atoms with van der Waals surface area (Å²) in [6, 6.07) is 20.5. The zero-order chi connectivity index (χ0) is 16.1. The monoisotopic (exact) mass is 327 g/mol. The van der Waals surface area contributed by atoms with Crippen molar-refractivity contribution in [2.45, 2.75) is 24.3 Å². The van der Waals surface area contributed by atoms with Crippen molar-refractivity contribution in [1.82, 2.24) is 5.32 Å². The number of cyclic esters (lactones) is 1. The summed E-state index contributed by atoms with van der Waals surface area (Å²) < 4.78 is 5.45. The van der Waals surface area contributed by atoms with Crippen molar-refractivity contribution >= 4 is 17.7 Å². The van der Waals surface area contributed by atoms with E-state index < -0.39 is 5.54 Å². The minimum atomic E-state index is -0.655. The lowest BCUT2D eigenvalue weighted by molar-refractivity contribution is -0.156. The van der Waals surface area contributed by atoms with Crippen LogP contribution in [0.3, 0.4) is 0 Å². The van der Waals surface area contributed by atoms with Crippen LogP contribution < -0.4 is 5.32 Å². The zero-order valence-corrected chi connectivity index (χ0v) is 14.0. The second kappa shape index (κ2) is 7.20. The van der Waals surface area contributed by atoms with Crippen LogP contribution in [0.15, 0.2) is 60.7 Å². The molecule has 4 heteroatoms. The molecule has 0 unspecified atom stereocenters. The Morgan fingerprint density at radius 1 is 1.13 bits per heavy atom. The molecule has 0 amide bonds. The Morgan fingerprint density at radius 2 is 1.78 bits per heavy atom. The van der Waals surface area contributed by atoms with Gasteiger partial charge in [0.25, 0.3) is 0 Å². The second-order valence-electron chi connectivity index (χ2n) is 6.02. The molecule has 0 spiro atoms. The van der Waals surface area contributed by atoms with E-state index >= 15 is 0 Å². The highest BCUT2D eigenvalue weighted by atomic mass is 32.2. The number of ether oxygens (including phenoxy) is 1. The Kier molecular flexibility index (Phi) is 5.03. The lowest BCUT2D eigenvalue weighted by atomic mass is 9.98. The number of morpholine rings is 1. The predicted octanol–water partition coefficient (Wildman–Crippen LogP) is 3.57. The van der Waals surface area contributed by atoms with E-state index in [9.17, 15) is 4.79 Å². The first-order valence-electron chi connectivity index (χ1n) is 7.79. The van der Waals surface area contributed by atoms with Gasteiger partial charge < -0.3 is 4.74 Å². The van der Waals surface area contributed by atoms with E-state index in [0.717, 1.165) is 11.3 Å². The number of carbonyl (C=O) groups is 1. The van der Waals surface area contributed by atoms with Gasteiger partial charge in [-0.1, -0.05) is 60.7 Å². The van der Waals surface area contributed by atoms with E-state index in [1.807, 2.05) is 43.3 Å². The van der Waals surface area contributed by atoms with E-state index in [4.69, 9.17) is 4.74 Å². The molecule has 2 atom stereocenters. The molecule has 1 aliphatic heterocycles. The summed E-state index contributed by atoms with van der Waals surface area (Å²) in [4.78, 5) is 12.2. The molecule has 0 aromatic heterocycles. The summed E-state index contributed by atoms with van der Waals surface area (Å²) in [6.45, 7) is 2.32. The Balaban J connectivity index is 1.62. The fourth-order valence-corrected chi connectivity index (χ4v) is 3.86. The molecule has 0 bridgehead atoms. The quantitative estimate of drug-likeness (QED) is 0.852. The molecule has 1 aliphatic rings. The molecular weight excluding hydrogens is 306 g/mol. The van der Waals surface area contributed by atoms with E-state index in [-0.39, 0.29) is 12.0 Å². The number of benzene rings is 2. The number of hydrogen-bond donors (Lipinski definition) is 1. The van der Waals surface area contributed by atoms with Gasteiger partial charge in [-0.15, -0.1) is 0 Å². The maximum absolute atomic E-state index is 12.2. The molecule has 23 heavy (non-hydrogen) atoms. The van der Waals surface area contributed by atoms with Crippen molar-refractivity contribution in [2.75, 3.05) is 12.4 Å². The molecule has 2 aromatic rings. The maximum atomic E-state index is 12.2. The van der Waals surface area contributed by atoms with Gasteiger partial charge in [-0.25, -0.2) is 0 Å². The summed E-state index contributed by atoms with van der Waals surface area (Å²) in [5.41, 5.74) is 1.77. The van der Waals surface area contributed by atoms with Gasteiger partial charge in [-0.3, -0.25) is 10.1 Å². The highest BCUT2D eigenvalue weighted by Crippen LogP contribution is 2.27. The Morgan fingerprint density at radius 3 is 2.48 bits per heavy atom. The van der Waals surface area contributed by atoms with Crippen LogP contribution in [0, 0.1) is 0 Å². The number of thioether (sulfide) groups is 1. The first-order chi connectivity index (χ1) is 11.2. The average Bonchev–Trinajstić information content (AvgIpc) is 2.59. The van der Waals surface area contributed by atoms with Crippen LogP contribution in [0.25, 0.3) is 0 Å². The molecule has 1 saturated heterocycles. The predicted molar refractivity (Wildman–Crippen MR) is 94.3 cm³/mol. The van der Waals surface area contributed by atoms with Gasteiger partial charge in [0.2, 0.25) is 0 Å². The minimum Gasteiger partial charge on any atom is -0.462 e. The highest BCUT2D eigenvalue weighted by Gasteiger charge is 2.41. The fraction of sp³-hybridized carbons (Fsp3) is 0.316. The number of rotatable bonds is 5. The molecule has 0 saturated carbocycles. The topological polar surface area (TPSA) is 38.3 Å². The van der Waals surface area contributed by atoms with E-state index in [1.54, 1.807) is 11.8 Å². The van der Waals surface area contributed by atoms with Crippen molar-refractivity contribution in [3.8, 4) is 0 Å². The number of esters is 1. The molecule has 1 heterocycles. The summed E-state index contributed by atoms with van der Waals surface area (Å²) in [6.07, 6.45) is 0. The molecular formula is C19H21NO2S. The summed E-state index contributed by atoms with van der Waals surface area (Å²) in [5.74, 6) is 1.41. The third kappa shape index (κ3) is 3.95. The van der Waals surface area contributed by atoms with Gasteiger partial charge in [0.15, 0.2) is 0 Å². The van der Waals surface area contributed by atoms with Gasteiger partial charge in [0.05, 0.1) is 6.04 Å². The molecule has 2 aromatic carbocycles. The number of nitrogens with one attached hydrogen (secondary N) is 1. The summed E-state index contributed by atoms with van der Waals surface area (Å²) in [5, 5.41) is 3.49. The van der Waals surface area contributed by atoms with Crippen molar-refractivity contribution in [3.05, 3.63) is 71.8 Å². The molecule has 1 N–H and O–H groups in total. The first kappa shape index (κ1) is 16.1. The van der Waals surface area contributed by atoms with E-state index in [1.165, 1.54) is 5.56 Å². The van der Waals surface area contributed by atoms with Crippen LogP contribution in [0.4, 0.5) is 0 Å².